The molecule has 0 unspecified atom stereocenters. The number of rotatable bonds is 2. The van der Waals surface area contributed by atoms with Crippen LogP contribution in [0.25, 0.3) is 0 Å². The number of thiophene rings is 1. The number of carbonyl (C=O) groups excluding carboxylic acids is 1. The zero-order valence-electron chi connectivity index (χ0n) is 12.5. The van der Waals surface area contributed by atoms with Crippen LogP contribution < -0.4 is 14.8 Å². The van der Waals surface area contributed by atoms with Gasteiger partial charge in [0, 0.05) is 17.3 Å². The lowest BCUT2D eigenvalue weighted by atomic mass is 9.73. The van der Waals surface area contributed by atoms with E-state index in [1.54, 1.807) is 25.6 Å². The molecular weight excluding hydrogens is 298 g/mol. The molecular formula is C17H17NO3S. The summed E-state index contributed by atoms with van der Waals surface area (Å²) in [6.45, 7) is 0. The van der Waals surface area contributed by atoms with E-state index in [9.17, 15) is 4.79 Å². The molecule has 2 aliphatic rings. The fourth-order valence-corrected chi connectivity index (χ4v) is 4.52. The molecule has 1 N–H and O–H groups in total. The average molecular weight is 315 g/mol. The lowest BCUT2D eigenvalue weighted by molar-refractivity contribution is 0.0915. The molecule has 1 aliphatic carbocycles. The number of ether oxygens (including phenoxy) is 2. The minimum Gasteiger partial charge on any atom is -0.493 e. The minimum atomic E-state index is 0.0569. The van der Waals surface area contributed by atoms with Crippen molar-refractivity contribution < 1.29 is 14.3 Å². The van der Waals surface area contributed by atoms with Gasteiger partial charge in [0.05, 0.1) is 19.8 Å². The van der Waals surface area contributed by atoms with Crippen LogP contribution in [0, 0.1) is 0 Å². The first-order chi connectivity index (χ1) is 10.7. The Morgan fingerprint density at radius 1 is 1.14 bits per heavy atom. The van der Waals surface area contributed by atoms with E-state index in [0.717, 1.165) is 35.5 Å². The lowest BCUT2D eigenvalue weighted by Crippen LogP contribution is -2.46. The van der Waals surface area contributed by atoms with Crippen molar-refractivity contribution in [1.29, 1.82) is 0 Å². The first-order valence-electron chi connectivity index (χ1n) is 7.34. The van der Waals surface area contributed by atoms with Crippen LogP contribution >= 0.6 is 11.3 Å². The third kappa shape index (κ3) is 1.85. The summed E-state index contributed by atoms with van der Waals surface area (Å²) in [5.41, 5.74) is 4.49. The molecule has 4 rings (SSSR count). The van der Waals surface area contributed by atoms with Gasteiger partial charge in [0.1, 0.15) is 0 Å². The highest BCUT2D eigenvalue weighted by atomic mass is 32.1. The summed E-state index contributed by atoms with van der Waals surface area (Å²) in [6.07, 6.45) is 1.89. The van der Waals surface area contributed by atoms with Crippen LogP contribution in [0.2, 0.25) is 0 Å². The maximum atomic E-state index is 12.2. The molecule has 4 nitrogen and oxygen atoms in total. The molecule has 2 aromatic rings. The number of hydrogen-bond acceptors (Lipinski definition) is 4. The standard InChI is InChI=1S/C17H17NO3S/c1-20-14-5-9-3-4-13-16(10(9)6-15(14)21-2)11-7-22-8-12(11)17(19)18-13/h5-8,13,16H,3-4H2,1-2H3,(H,18,19)/t13-,16+/m1/s1. The number of amides is 1. The number of aryl methyl sites for hydroxylation is 1. The van der Waals surface area contributed by atoms with Crippen molar-refractivity contribution in [3.63, 3.8) is 0 Å². The Labute approximate surface area is 133 Å². The number of carbonyl (C=O) groups is 1. The second-order valence-corrected chi connectivity index (χ2v) is 6.49. The molecule has 0 fully saturated rings. The van der Waals surface area contributed by atoms with Crippen molar-refractivity contribution in [2.24, 2.45) is 0 Å². The van der Waals surface area contributed by atoms with Gasteiger partial charge in [0.15, 0.2) is 11.5 Å². The van der Waals surface area contributed by atoms with Gasteiger partial charge in [-0.1, -0.05) is 0 Å². The van der Waals surface area contributed by atoms with E-state index in [0.29, 0.717) is 0 Å². The number of benzene rings is 1. The third-order valence-electron chi connectivity index (χ3n) is 4.70. The van der Waals surface area contributed by atoms with Crippen LogP contribution in [0.5, 0.6) is 11.5 Å². The van der Waals surface area contributed by atoms with Gasteiger partial charge < -0.3 is 14.8 Å². The summed E-state index contributed by atoms with van der Waals surface area (Å²) < 4.78 is 10.9. The predicted octanol–water partition coefficient (Wildman–Crippen LogP) is 2.96. The molecule has 0 spiro atoms. The molecule has 0 bridgehead atoms. The van der Waals surface area contributed by atoms with Crippen molar-refractivity contribution in [2.75, 3.05) is 14.2 Å². The Balaban J connectivity index is 1.90. The molecule has 0 saturated carbocycles. The smallest absolute Gasteiger partial charge is 0.252 e. The van der Waals surface area contributed by atoms with E-state index in [2.05, 4.69) is 22.8 Å². The number of nitrogens with one attached hydrogen (secondary N) is 1. The van der Waals surface area contributed by atoms with E-state index in [1.165, 1.54) is 11.1 Å². The Hall–Kier alpha value is -2.01. The van der Waals surface area contributed by atoms with E-state index in [-0.39, 0.29) is 17.9 Å². The number of methoxy groups -OCH3 is 2. The van der Waals surface area contributed by atoms with Crippen LogP contribution in [-0.2, 0) is 6.42 Å². The van der Waals surface area contributed by atoms with E-state index in [1.807, 2.05) is 5.38 Å². The van der Waals surface area contributed by atoms with Gasteiger partial charge in [0.25, 0.3) is 5.91 Å². The van der Waals surface area contributed by atoms with Crippen LogP contribution in [0.4, 0.5) is 0 Å². The first-order valence-corrected chi connectivity index (χ1v) is 8.29. The molecule has 1 aromatic heterocycles. The van der Waals surface area contributed by atoms with Crippen molar-refractivity contribution in [2.45, 2.75) is 24.8 Å². The van der Waals surface area contributed by atoms with Gasteiger partial charge in [-0.15, -0.1) is 0 Å². The molecule has 22 heavy (non-hydrogen) atoms. The van der Waals surface area contributed by atoms with Crippen molar-refractivity contribution in [3.8, 4) is 11.5 Å². The van der Waals surface area contributed by atoms with Crippen LogP contribution in [-0.4, -0.2) is 26.2 Å². The molecule has 2 atom stereocenters. The van der Waals surface area contributed by atoms with E-state index in [4.69, 9.17) is 9.47 Å². The van der Waals surface area contributed by atoms with Crippen molar-refractivity contribution in [3.05, 3.63) is 45.1 Å². The Morgan fingerprint density at radius 2 is 1.91 bits per heavy atom. The van der Waals surface area contributed by atoms with Crippen LogP contribution in [0.15, 0.2) is 22.9 Å². The third-order valence-corrected chi connectivity index (χ3v) is 5.46. The molecule has 0 radical (unpaired) electrons. The van der Waals surface area contributed by atoms with Gasteiger partial charge in [-0.05, 0) is 47.0 Å². The first kappa shape index (κ1) is 13.6. The summed E-state index contributed by atoms with van der Waals surface area (Å²) in [5, 5.41) is 7.21. The second kappa shape index (κ2) is 5.02. The molecule has 0 saturated heterocycles. The van der Waals surface area contributed by atoms with Crippen LogP contribution in [0.1, 0.15) is 39.4 Å². The van der Waals surface area contributed by atoms with Gasteiger partial charge in [-0.25, -0.2) is 0 Å². The largest absolute Gasteiger partial charge is 0.493 e. The van der Waals surface area contributed by atoms with Gasteiger partial charge in [0.2, 0.25) is 0 Å². The molecule has 2 heterocycles. The van der Waals surface area contributed by atoms with Gasteiger partial charge >= 0.3 is 0 Å². The maximum Gasteiger partial charge on any atom is 0.252 e. The summed E-state index contributed by atoms with van der Waals surface area (Å²) in [6, 6.07) is 4.32. The predicted molar refractivity (Wildman–Crippen MR) is 85.3 cm³/mol. The highest BCUT2D eigenvalue weighted by Crippen LogP contribution is 2.45. The topological polar surface area (TPSA) is 47.6 Å². The van der Waals surface area contributed by atoms with Crippen molar-refractivity contribution in [1.82, 2.24) is 5.32 Å². The highest BCUT2D eigenvalue weighted by Gasteiger charge is 2.39. The zero-order valence-corrected chi connectivity index (χ0v) is 13.3. The molecule has 114 valence electrons. The Kier molecular flexibility index (Phi) is 3.11. The maximum absolute atomic E-state index is 12.2. The molecule has 5 heteroatoms. The Bertz CT molecular complexity index is 752. The second-order valence-electron chi connectivity index (χ2n) is 5.74. The summed E-state index contributed by atoms with van der Waals surface area (Å²) in [5.74, 6) is 1.78. The zero-order chi connectivity index (χ0) is 15.3. The summed E-state index contributed by atoms with van der Waals surface area (Å²) in [7, 11) is 3.32. The van der Waals surface area contributed by atoms with E-state index < -0.39 is 0 Å². The molecule has 1 amide bonds. The number of hydrogen-bond donors (Lipinski definition) is 1. The summed E-state index contributed by atoms with van der Waals surface area (Å²) >= 11 is 1.59. The van der Waals surface area contributed by atoms with E-state index >= 15 is 0 Å². The molecule has 1 aromatic carbocycles. The lowest BCUT2D eigenvalue weighted by Gasteiger charge is -2.38. The minimum absolute atomic E-state index is 0.0569. The highest BCUT2D eigenvalue weighted by molar-refractivity contribution is 7.08. The number of fused-ring (bicyclic) bond motifs is 5. The Morgan fingerprint density at radius 3 is 2.68 bits per heavy atom. The molecule has 1 aliphatic heterocycles. The SMILES string of the molecule is COc1cc2c(cc1OC)[C@H]1c3cscc3C(=O)N[C@@H]1CC2. The van der Waals surface area contributed by atoms with Crippen molar-refractivity contribution >= 4 is 17.2 Å². The normalized spacial score (nSPS) is 22.2. The van der Waals surface area contributed by atoms with Crippen LogP contribution in [0.3, 0.4) is 0 Å². The monoisotopic (exact) mass is 315 g/mol. The van der Waals surface area contributed by atoms with Gasteiger partial charge in [-0.2, -0.15) is 11.3 Å². The van der Waals surface area contributed by atoms with Gasteiger partial charge in [-0.3, -0.25) is 4.79 Å². The fraction of sp³-hybridized carbons (Fsp3) is 0.353. The quantitative estimate of drug-likeness (QED) is 0.927. The average Bonchev–Trinajstić information content (AvgIpc) is 3.03. The summed E-state index contributed by atoms with van der Waals surface area (Å²) in [4.78, 5) is 12.2. The fourth-order valence-electron chi connectivity index (χ4n) is 3.66.